The van der Waals surface area contributed by atoms with Crippen LogP contribution in [-0.4, -0.2) is 55.4 Å². The minimum atomic E-state index is -0.444. The molecule has 5 heteroatoms. The molecule has 1 unspecified atom stereocenters. The second-order valence-electron chi connectivity index (χ2n) is 5.15. The number of hydrogen-bond acceptors (Lipinski definition) is 3. The van der Waals surface area contributed by atoms with Crippen LogP contribution in [0.4, 0.5) is 4.39 Å². The summed E-state index contributed by atoms with van der Waals surface area (Å²) in [7, 11) is 4.06. The van der Waals surface area contributed by atoms with Crippen LogP contribution in [0.15, 0.2) is 22.7 Å². The molecule has 19 heavy (non-hydrogen) atoms. The number of likely N-dealkylation sites (N-methyl/N-ethyl adjacent to an activating group) is 2. The normalized spacial score (nSPS) is 21.6. The lowest BCUT2D eigenvalue weighted by Crippen LogP contribution is -2.50. The van der Waals surface area contributed by atoms with E-state index in [9.17, 15) is 9.18 Å². The largest absolute Gasteiger partial charge is 0.304 e. The molecule has 1 aliphatic heterocycles. The van der Waals surface area contributed by atoms with Crippen molar-refractivity contribution < 1.29 is 9.18 Å². The van der Waals surface area contributed by atoms with Crippen molar-refractivity contribution in [3.8, 4) is 0 Å². The van der Waals surface area contributed by atoms with Gasteiger partial charge in [-0.15, -0.1) is 0 Å². The van der Waals surface area contributed by atoms with Gasteiger partial charge in [0.2, 0.25) is 0 Å². The first-order valence-corrected chi connectivity index (χ1v) is 7.13. The average Bonchev–Trinajstić information content (AvgIpc) is 2.36. The Kier molecular flexibility index (Phi) is 4.71. The topological polar surface area (TPSA) is 23.6 Å². The monoisotopic (exact) mass is 328 g/mol. The number of rotatable bonds is 3. The number of benzene rings is 1. The molecule has 2 rings (SSSR count). The molecule has 104 valence electrons. The van der Waals surface area contributed by atoms with Crippen LogP contribution >= 0.6 is 15.9 Å². The second kappa shape index (κ2) is 6.11. The molecule has 3 nitrogen and oxygen atoms in total. The predicted octanol–water partition coefficient (Wildman–Crippen LogP) is 2.41. The van der Waals surface area contributed by atoms with E-state index in [1.807, 2.05) is 14.1 Å². The van der Waals surface area contributed by atoms with Gasteiger partial charge in [0.1, 0.15) is 5.82 Å². The summed E-state index contributed by atoms with van der Waals surface area (Å²) in [6.45, 7) is 2.79. The minimum Gasteiger partial charge on any atom is -0.304 e. The van der Waals surface area contributed by atoms with Crippen molar-refractivity contribution in [2.45, 2.75) is 12.5 Å². The SMILES string of the molecule is CN1CCN(C)C(CC(=O)c2cc(Br)ccc2F)C1. The van der Waals surface area contributed by atoms with Crippen LogP contribution in [0.3, 0.4) is 0 Å². The molecule has 0 aliphatic carbocycles. The Bertz CT molecular complexity index is 481. The zero-order valence-corrected chi connectivity index (χ0v) is 12.8. The zero-order chi connectivity index (χ0) is 14.0. The van der Waals surface area contributed by atoms with E-state index in [1.165, 1.54) is 6.07 Å². The molecule has 1 aromatic rings. The fraction of sp³-hybridized carbons (Fsp3) is 0.500. The third kappa shape index (κ3) is 3.61. The maximum atomic E-state index is 13.7. The lowest BCUT2D eigenvalue weighted by molar-refractivity contribution is 0.0807. The summed E-state index contributed by atoms with van der Waals surface area (Å²) in [6.07, 6.45) is 0.355. The number of nitrogens with zero attached hydrogens (tertiary/aromatic N) is 2. The molecule has 0 saturated carbocycles. The summed E-state index contributed by atoms with van der Waals surface area (Å²) in [5.74, 6) is -0.578. The van der Waals surface area contributed by atoms with E-state index in [2.05, 4.69) is 25.7 Å². The molecule has 0 aromatic heterocycles. The van der Waals surface area contributed by atoms with E-state index in [4.69, 9.17) is 0 Å². The summed E-state index contributed by atoms with van der Waals surface area (Å²) < 4.78 is 14.4. The molecule has 1 heterocycles. The number of Topliss-reactive ketones (excluding diaryl/α,β-unsaturated/α-hetero) is 1. The Morgan fingerprint density at radius 2 is 2.16 bits per heavy atom. The minimum absolute atomic E-state index is 0.133. The highest BCUT2D eigenvalue weighted by atomic mass is 79.9. The molecular formula is C14H18BrFN2O. The standard InChI is InChI=1S/C14H18BrFN2O/c1-17-5-6-18(2)11(9-17)8-14(19)12-7-10(15)3-4-13(12)16/h3-4,7,11H,5-6,8-9H2,1-2H3. The first kappa shape index (κ1) is 14.6. The van der Waals surface area contributed by atoms with Gasteiger partial charge in [-0.25, -0.2) is 4.39 Å². The van der Waals surface area contributed by atoms with Crippen molar-refractivity contribution in [3.63, 3.8) is 0 Å². The smallest absolute Gasteiger partial charge is 0.167 e. The van der Waals surface area contributed by atoms with E-state index in [-0.39, 0.29) is 17.4 Å². The Labute approximate surface area is 121 Å². The lowest BCUT2D eigenvalue weighted by Gasteiger charge is -2.37. The van der Waals surface area contributed by atoms with Crippen molar-refractivity contribution in [2.24, 2.45) is 0 Å². The molecule has 0 N–H and O–H groups in total. The molecule has 0 spiro atoms. The number of carbonyl (C=O) groups is 1. The number of ketones is 1. The molecule has 0 radical (unpaired) electrons. The molecule has 1 aromatic carbocycles. The number of carbonyl (C=O) groups excluding carboxylic acids is 1. The highest BCUT2D eigenvalue weighted by Crippen LogP contribution is 2.19. The van der Waals surface area contributed by atoms with Crippen molar-refractivity contribution in [1.29, 1.82) is 0 Å². The summed E-state index contributed by atoms with van der Waals surface area (Å²) in [5.41, 5.74) is 0.177. The van der Waals surface area contributed by atoms with Gasteiger partial charge < -0.3 is 9.80 Å². The van der Waals surface area contributed by atoms with Gasteiger partial charge in [-0.1, -0.05) is 15.9 Å². The quantitative estimate of drug-likeness (QED) is 0.796. The van der Waals surface area contributed by atoms with Crippen LogP contribution in [0, 0.1) is 5.82 Å². The molecule has 1 aliphatic rings. The highest BCUT2D eigenvalue weighted by Gasteiger charge is 2.25. The van der Waals surface area contributed by atoms with E-state index < -0.39 is 5.82 Å². The Hall–Kier alpha value is -0.780. The number of piperazine rings is 1. The summed E-state index contributed by atoms with van der Waals surface area (Å²) in [6, 6.07) is 4.65. The predicted molar refractivity (Wildman–Crippen MR) is 77.0 cm³/mol. The van der Waals surface area contributed by atoms with Crippen molar-refractivity contribution in [3.05, 3.63) is 34.1 Å². The fourth-order valence-corrected chi connectivity index (χ4v) is 2.72. The van der Waals surface area contributed by atoms with Gasteiger partial charge in [0.05, 0.1) is 5.56 Å². The van der Waals surface area contributed by atoms with Crippen LogP contribution in [0.5, 0.6) is 0 Å². The van der Waals surface area contributed by atoms with Crippen LogP contribution in [0.2, 0.25) is 0 Å². The van der Waals surface area contributed by atoms with Gasteiger partial charge in [-0.05, 0) is 32.3 Å². The van der Waals surface area contributed by atoms with Crippen LogP contribution in [-0.2, 0) is 0 Å². The molecule has 1 atom stereocenters. The molecular weight excluding hydrogens is 311 g/mol. The second-order valence-corrected chi connectivity index (χ2v) is 6.06. The fourth-order valence-electron chi connectivity index (χ4n) is 2.36. The third-order valence-electron chi connectivity index (χ3n) is 3.63. The van der Waals surface area contributed by atoms with E-state index in [1.54, 1.807) is 12.1 Å². The van der Waals surface area contributed by atoms with Crippen LogP contribution < -0.4 is 0 Å². The van der Waals surface area contributed by atoms with Crippen molar-refractivity contribution >= 4 is 21.7 Å². The zero-order valence-electron chi connectivity index (χ0n) is 11.2. The lowest BCUT2D eigenvalue weighted by atomic mass is 10.0. The number of halogens is 2. The third-order valence-corrected chi connectivity index (χ3v) is 4.12. The Morgan fingerprint density at radius 3 is 2.89 bits per heavy atom. The summed E-state index contributed by atoms with van der Waals surface area (Å²) in [4.78, 5) is 16.6. The first-order chi connectivity index (χ1) is 8.97. The van der Waals surface area contributed by atoms with Gasteiger partial charge >= 0.3 is 0 Å². The maximum absolute atomic E-state index is 13.7. The first-order valence-electron chi connectivity index (χ1n) is 6.34. The molecule has 1 saturated heterocycles. The molecule has 0 amide bonds. The number of hydrogen-bond donors (Lipinski definition) is 0. The molecule has 1 fully saturated rings. The van der Waals surface area contributed by atoms with Crippen LogP contribution in [0.25, 0.3) is 0 Å². The van der Waals surface area contributed by atoms with Gasteiger partial charge in [0, 0.05) is 36.6 Å². The average molecular weight is 329 g/mol. The van der Waals surface area contributed by atoms with Gasteiger partial charge in [-0.3, -0.25) is 4.79 Å². The van der Waals surface area contributed by atoms with Gasteiger partial charge in [0.15, 0.2) is 5.78 Å². The van der Waals surface area contributed by atoms with E-state index in [0.29, 0.717) is 6.42 Å². The van der Waals surface area contributed by atoms with Gasteiger partial charge in [-0.2, -0.15) is 0 Å². The maximum Gasteiger partial charge on any atom is 0.167 e. The highest BCUT2D eigenvalue weighted by molar-refractivity contribution is 9.10. The van der Waals surface area contributed by atoms with Crippen molar-refractivity contribution in [1.82, 2.24) is 9.80 Å². The Balaban J connectivity index is 2.10. The van der Waals surface area contributed by atoms with Gasteiger partial charge in [0.25, 0.3) is 0 Å². The van der Waals surface area contributed by atoms with Crippen LogP contribution in [0.1, 0.15) is 16.8 Å². The summed E-state index contributed by atoms with van der Waals surface area (Å²) >= 11 is 3.27. The van der Waals surface area contributed by atoms with E-state index >= 15 is 0 Å². The Morgan fingerprint density at radius 1 is 1.42 bits per heavy atom. The van der Waals surface area contributed by atoms with E-state index in [0.717, 1.165) is 24.1 Å². The molecule has 0 bridgehead atoms. The summed E-state index contributed by atoms with van der Waals surface area (Å²) in [5, 5.41) is 0. The van der Waals surface area contributed by atoms with Crippen molar-refractivity contribution in [2.75, 3.05) is 33.7 Å².